The van der Waals surface area contributed by atoms with E-state index in [1.54, 1.807) is 12.1 Å². The molecule has 5 heteroatoms. The molecule has 0 atom stereocenters. The Morgan fingerprint density at radius 2 is 1.92 bits per heavy atom. The van der Waals surface area contributed by atoms with Gasteiger partial charge in [-0.15, -0.1) is 0 Å². The summed E-state index contributed by atoms with van der Waals surface area (Å²) in [7, 11) is 0. The molecule has 2 aliphatic carbocycles. The molecule has 1 amide bonds. The van der Waals surface area contributed by atoms with Crippen LogP contribution in [0.5, 0.6) is 0 Å². The number of H-pyrrole nitrogens is 1. The third kappa shape index (κ3) is 2.90. The number of carbonyl (C=O) groups is 1. The molecule has 1 heterocycles. The Hall–Kier alpha value is -2.61. The number of nitriles is 1. The van der Waals surface area contributed by atoms with Crippen molar-refractivity contribution >= 4 is 5.91 Å². The van der Waals surface area contributed by atoms with Gasteiger partial charge in [0, 0.05) is 23.2 Å². The predicted molar refractivity (Wildman–Crippen MR) is 99.7 cm³/mol. The molecule has 1 N–H and O–H groups in total. The largest absolute Gasteiger partial charge is 0.332 e. The minimum absolute atomic E-state index is 0.0824. The van der Waals surface area contributed by atoms with Crippen LogP contribution in [0.2, 0.25) is 0 Å². The minimum Gasteiger partial charge on any atom is -0.332 e. The second kappa shape index (κ2) is 6.60. The van der Waals surface area contributed by atoms with Crippen molar-refractivity contribution in [3.05, 3.63) is 41.1 Å². The molecule has 0 aliphatic heterocycles. The van der Waals surface area contributed by atoms with Crippen molar-refractivity contribution in [2.24, 2.45) is 0 Å². The van der Waals surface area contributed by atoms with Gasteiger partial charge in [0.05, 0.1) is 17.3 Å². The van der Waals surface area contributed by atoms with Crippen LogP contribution in [0.25, 0.3) is 11.3 Å². The molecule has 0 saturated heterocycles. The Kier molecular flexibility index (Phi) is 4.28. The number of rotatable bonds is 5. The quantitative estimate of drug-likeness (QED) is 0.879. The van der Waals surface area contributed by atoms with Crippen molar-refractivity contribution in [2.45, 2.75) is 64.0 Å². The number of nitrogens with one attached hydrogen (secondary N) is 1. The van der Waals surface area contributed by atoms with Crippen molar-refractivity contribution in [2.75, 3.05) is 0 Å². The van der Waals surface area contributed by atoms with E-state index in [0.29, 0.717) is 23.2 Å². The van der Waals surface area contributed by atoms with Crippen LogP contribution < -0.4 is 0 Å². The number of aromatic amines is 1. The van der Waals surface area contributed by atoms with Crippen molar-refractivity contribution < 1.29 is 4.79 Å². The van der Waals surface area contributed by atoms with E-state index >= 15 is 0 Å². The van der Waals surface area contributed by atoms with Crippen LogP contribution in [0.1, 0.15) is 73.5 Å². The van der Waals surface area contributed by atoms with E-state index in [1.807, 2.05) is 17.0 Å². The lowest BCUT2D eigenvalue weighted by atomic mass is 9.90. The molecule has 2 aromatic rings. The number of amides is 1. The summed E-state index contributed by atoms with van der Waals surface area (Å²) in [5, 5.41) is 16.6. The van der Waals surface area contributed by atoms with Gasteiger partial charge in [-0.2, -0.15) is 10.4 Å². The molecular formula is C21H24N4O. The number of aromatic nitrogens is 2. The molecule has 4 rings (SSSR count). The van der Waals surface area contributed by atoms with E-state index in [4.69, 9.17) is 5.26 Å². The van der Waals surface area contributed by atoms with Gasteiger partial charge in [-0.25, -0.2) is 0 Å². The molecule has 2 fully saturated rings. The Morgan fingerprint density at radius 3 is 2.42 bits per heavy atom. The van der Waals surface area contributed by atoms with Crippen LogP contribution in [0.3, 0.4) is 0 Å². The fraction of sp³-hybridized carbons (Fsp3) is 0.476. The third-order valence-electron chi connectivity index (χ3n) is 5.55. The first-order chi connectivity index (χ1) is 12.6. The highest BCUT2D eigenvalue weighted by atomic mass is 16.2. The Morgan fingerprint density at radius 1 is 1.23 bits per heavy atom. The average Bonchev–Trinajstić information content (AvgIpc) is 3.35. The molecule has 1 aromatic heterocycles. The maximum atomic E-state index is 13.3. The smallest absolute Gasteiger partial charge is 0.272 e. The van der Waals surface area contributed by atoms with Crippen LogP contribution in [-0.4, -0.2) is 33.1 Å². The van der Waals surface area contributed by atoms with Crippen LogP contribution in [0.15, 0.2) is 24.3 Å². The molecule has 2 saturated carbocycles. The van der Waals surface area contributed by atoms with E-state index in [2.05, 4.69) is 30.1 Å². The maximum Gasteiger partial charge on any atom is 0.272 e. The van der Waals surface area contributed by atoms with Crippen molar-refractivity contribution in [1.82, 2.24) is 15.1 Å². The average molecular weight is 348 g/mol. The van der Waals surface area contributed by atoms with Crippen LogP contribution in [-0.2, 0) is 0 Å². The number of hydrogen-bond acceptors (Lipinski definition) is 3. The molecule has 0 spiro atoms. The Bertz CT molecular complexity index is 851. The van der Waals surface area contributed by atoms with Gasteiger partial charge < -0.3 is 4.90 Å². The van der Waals surface area contributed by atoms with Crippen LogP contribution in [0.4, 0.5) is 0 Å². The van der Waals surface area contributed by atoms with Gasteiger partial charge in [-0.3, -0.25) is 9.89 Å². The molecule has 2 aliphatic rings. The maximum absolute atomic E-state index is 13.3. The zero-order valence-corrected chi connectivity index (χ0v) is 15.3. The third-order valence-corrected chi connectivity index (χ3v) is 5.55. The topological polar surface area (TPSA) is 72.8 Å². The van der Waals surface area contributed by atoms with Gasteiger partial charge in [0.2, 0.25) is 0 Å². The molecule has 5 nitrogen and oxygen atoms in total. The van der Waals surface area contributed by atoms with Gasteiger partial charge in [-0.1, -0.05) is 12.1 Å². The fourth-order valence-electron chi connectivity index (χ4n) is 3.82. The van der Waals surface area contributed by atoms with E-state index in [0.717, 1.165) is 42.5 Å². The highest BCUT2D eigenvalue weighted by Crippen LogP contribution is 2.46. The summed E-state index contributed by atoms with van der Waals surface area (Å²) < 4.78 is 0. The number of nitrogens with zero attached hydrogens (tertiary/aromatic N) is 3. The molecule has 134 valence electrons. The van der Waals surface area contributed by atoms with Gasteiger partial charge >= 0.3 is 0 Å². The summed E-state index contributed by atoms with van der Waals surface area (Å²) in [4.78, 5) is 15.4. The van der Waals surface area contributed by atoms with Gasteiger partial charge in [0.1, 0.15) is 5.69 Å². The molecule has 1 aromatic carbocycles. The number of hydrogen-bond donors (Lipinski definition) is 1. The highest BCUT2D eigenvalue weighted by Gasteiger charge is 2.38. The minimum atomic E-state index is 0.0824. The highest BCUT2D eigenvalue weighted by molar-refractivity contribution is 5.96. The zero-order valence-electron chi connectivity index (χ0n) is 15.3. The number of benzene rings is 1. The summed E-state index contributed by atoms with van der Waals surface area (Å²) in [5.41, 5.74) is 4.17. The van der Waals surface area contributed by atoms with Crippen molar-refractivity contribution in [3.63, 3.8) is 0 Å². The standard InChI is InChI=1S/C21H24N4O/c1-13(2)25(17-4-3-5-17)21(26)20-18(15-10-11-15)19(23-24-20)16-8-6-14(12-22)7-9-16/h6-9,13,15,17H,3-5,10-11H2,1-2H3,(H,23,24). The summed E-state index contributed by atoms with van der Waals surface area (Å²) in [6, 6.07) is 10.1. The second-order valence-electron chi connectivity index (χ2n) is 7.72. The molecule has 26 heavy (non-hydrogen) atoms. The lowest BCUT2D eigenvalue weighted by Crippen LogP contribution is -2.48. The Balaban J connectivity index is 1.71. The summed E-state index contributed by atoms with van der Waals surface area (Å²) in [6.45, 7) is 4.18. The van der Waals surface area contributed by atoms with E-state index in [-0.39, 0.29) is 11.9 Å². The molecule has 0 bridgehead atoms. The molecular weight excluding hydrogens is 324 g/mol. The second-order valence-corrected chi connectivity index (χ2v) is 7.72. The monoisotopic (exact) mass is 348 g/mol. The van der Waals surface area contributed by atoms with Crippen molar-refractivity contribution in [1.29, 1.82) is 5.26 Å². The van der Waals surface area contributed by atoms with Crippen molar-refractivity contribution in [3.8, 4) is 17.3 Å². The lowest BCUT2D eigenvalue weighted by Gasteiger charge is -2.40. The fourth-order valence-corrected chi connectivity index (χ4v) is 3.82. The predicted octanol–water partition coefficient (Wildman–Crippen LogP) is 4.23. The first kappa shape index (κ1) is 16.8. The van der Waals surface area contributed by atoms with Crippen LogP contribution >= 0.6 is 0 Å². The van der Waals surface area contributed by atoms with E-state index in [1.165, 1.54) is 6.42 Å². The normalized spacial score (nSPS) is 17.0. The summed E-state index contributed by atoms with van der Waals surface area (Å²) in [5.74, 6) is 0.493. The number of carbonyl (C=O) groups excluding carboxylic acids is 1. The molecule has 0 unspecified atom stereocenters. The van der Waals surface area contributed by atoms with E-state index < -0.39 is 0 Å². The lowest BCUT2D eigenvalue weighted by molar-refractivity contribution is 0.0482. The van der Waals surface area contributed by atoms with Gasteiger partial charge in [0.25, 0.3) is 5.91 Å². The van der Waals surface area contributed by atoms with Gasteiger partial charge in [-0.05, 0) is 64.0 Å². The van der Waals surface area contributed by atoms with E-state index in [9.17, 15) is 4.79 Å². The SMILES string of the molecule is CC(C)N(C(=O)c1[nH]nc(-c2ccc(C#N)cc2)c1C1CC1)C1CCC1. The first-order valence-corrected chi connectivity index (χ1v) is 9.51. The molecule has 0 radical (unpaired) electrons. The summed E-state index contributed by atoms with van der Waals surface area (Å²) >= 11 is 0. The van der Waals surface area contributed by atoms with Gasteiger partial charge in [0.15, 0.2) is 0 Å². The Labute approximate surface area is 154 Å². The zero-order chi connectivity index (χ0) is 18.3. The van der Waals surface area contributed by atoms with Crippen LogP contribution in [0, 0.1) is 11.3 Å². The first-order valence-electron chi connectivity index (χ1n) is 9.51. The summed E-state index contributed by atoms with van der Waals surface area (Å²) in [6.07, 6.45) is 5.61.